The summed E-state index contributed by atoms with van der Waals surface area (Å²) >= 11 is 0. The average molecular weight is 407 g/mol. The number of benzene rings is 2. The molecule has 0 heterocycles. The summed E-state index contributed by atoms with van der Waals surface area (Å²) < 4.78 is 35.2. The molecular formula is C19H21NO7S. The number of carbonyl (C=O) groups excluding carboxylic acids is 2. The molecule has 0 amide bonds. The number of ketones is 1. The number of esters is 1. The topological polar surface area (TPSA) is 99.2 Å². The number of hydrogen-bond acceptors (Lipinski definition) is 7. The van der Waals surface area contributed by atoms with Gasteiger partial charge in [-0.3, -0.25) is 9.63 Å². The van der Waals surface area contributed by atoms with Crippen molar-refractivity contribution >= 4 is 21.8 Å². The van der Waals surface area contributed by atoms with Gasteiger partial charge in [0.05, 0.1) is 24.7 Å². The predicted molar refractivity (Wildman–Crippen MR) is 101 cm³/mol. The molecule has 150 valence electrons. The number of sulfonamides is 1. The van der Waals surface area contributed by atoms with Gasteiger partial charge in [0.25, 0.3) is 10.0 Å². The van der Waals surface area contributed by atoms with Crippen LogP contribution in [0, 0.1) is 0 Å². The molecule has 0 aliphatic rings. The monoisotopic (exact) mass is 407 g/mol. The third kappa shape index (κ3) is 4.75. The van der Waals surface area contributed by atoms with Crippen LogP contribution < -0.4 is 4.74 Å². The number of hydroxylamine groups is 1. The molecule has 2 aromatic rings. The second kappa shape index (κ2) is 8.96. The van der Waals surface area contributed by atoms with E-state index in [1.807, 2.05) is 0 Å². The zero-order chi connectivity index (χ0) is 20.9. The highest BCUT2D eigenvalue weighted by molar-refractivity contribution is 7.89. The quantitative estimate of drug-likeness (QED) is 0.376. The maximum absolute atomic E-state index is 12.4. The fraction of sp³-hybridized carbons (Fsp3) is 0.263. The van der Waals surface area contributed by atoms with Crippen LogP contribution in [0.4, 0.5) is 0 Å². The molecule has 9 heteroatoms. The van der Waals surface area contributed by atoms with Gasteiger partial charge < -0.3 is 9.47 Å². The summed E-state index contributed by atoms with van der Waals surface area (Å²) in [5.41, 5.74) is 0.499. The van der Waals surface area contributed by atoms with E-state index in [9.17, 15) is 18.0 Å². The maximum Gasteiger partial charge on any atom is 0.338 e. The summed E-state index contributed by atoms with van der Waals surface area (Å²) in [6.07, 6.45) is -1.01. The van der Waals surface area contributed by atoms with Gasteiger partial charge in [0.15, 0.2) is 6.10 Å². The van der Waals surface area contributed by atoms with E-state index in [4.69, 9.17) is 14.3 Å². The Morgan fingerprint density at radius 2 is 1.46 bits per heavy atom. The lowest BCUT2D eigenvalue weighted by Crippen LogP contribution is -2.26. The zero-order valence-electron chi connectivity index (χ0n) is 15.9. The fourth-order valence-corrected chi connectivity index (χ4v) is 3.25. The Balaban J connectivity index is 2.08. The highest BCUT2D eigenvalue weighted by atomic mass is 32.2. The first kappa shape index (κ1) is 21.5. The Labute approximate surface area is 163 Å². The first-order valence-electron chi connectivity index (χ1n) is 8.23. The van der Waals surface area contributed by atoms with Gasteiger partial charge in [-0.25, -0.2) is 13.2 Å². The molecule has 0 saturated heterocycles. The Kier molecular flexibility index (Phi) is 6.90. The summed E-state index contributed by atoms with van der Waals surface area (Å²) in [5.74, 6) is -0.495. The Hall–Kier alpha value is -2.75. The van der Waals surface area contributed by atoms with Gasteiger partial charge in [0, 0.05) is 12.6 Å². The highest BCUT2D eigenvalue weighted by Gasteiger charge is 2.23. The lowest BCUT2D eigenvalue weighted by Gasteiger charge is -2.15. The van der Waals surface area contributed by atoms with E-state index in [0.717, 1.165) is 0 Å². The number of methoxy groups -OCH3 is 1. The van der Waals surface area contributed by atoms with Gasteiger partial charge in [-0.05, 0) is 55.5 Å². The number of hydrogen-bond donors (Lipinski definition) is 0. The average Bonchev–Trinajstić information content (AvgIpc) is 2.72. The standard InChI is InChI=1S/C19H21NO7S/c1-13(18(21)14-5-9-16(25-3)10-6-14)27-19(22)15-7-11-17(12-8-15)28(23,24)20(2)26-4/h5-13H,1-4H3/t13-/m0/s1. The summed E-state index contributed by atoms with van der Waals surface area (Å²) in [6, 6.07) is 11.6. The number of ether oxygens (including phenoxy) is 2. The van der Waals surface area contributed by atoms with Crippen molar-refractivity contribution in [1.82, 2.24) is 4.47 Å². The van der Waals surface area contributed by atoms with E-state index >= 15 is 0 Å². The van der Waals surface area contributed by atoms with Crippen LogP contribution >= 0.6 is 0 Å². The maximum atomic E-state index is 12.4. The molecule has 0 saturated carbocycles. The molecule has 28 heavy (non-hydrogen) atoms. The molecule has 8 nitrogen and oxygen atoms in total. The van der Waals surface area contributed by atoms with Crippen molar-refractivity contribution in [3.8, 4) is 5.75 Å². The van der Waals surface area contributed by atoms with Gasteiger partial charge in [0.1, 0.15) is 5.75 Å². The van der Waals surface area contributed by atoms with E-state index in [0.29, 0.717) is 15.8 Å². The van der Waals surface area contributed by atoms with E-state index in [1.165, 1.54) is 52.5 Å². The first-order valence-corrected chi connectivity index (χ1v) is 9.67. The van der Waals surface area contributed by atoms with Crippen LogP contribution in [-0.4, -0.2) is 52.0 Å². The van der Waals surface area contributed by atoms with Crippen molar-refractivity contribution in [2.45, 2.75) is 17.9 Å². The molecule has 0 aromatic heterocycles. The van der Waals surface area contributed by atoms with Gasteiger partial charge >= 0.3 is 5.97 Å². The van der Waals surface area contributed by atoms with Crippen molar-refractivity contribution in [3.05, 3.63) is 59.7 Å². The van der Waals surface area contributed by atoms with E-state index in [-0.39, 0.29) is 16.2 Å². The Morgan fingerprint density at radius 1 is 0.929 bits per heavy atom. The zero-order valence-corrected chi connectivity index (χ0v) is 16.7. The minimum atomic E-state index is -3.82. The smallest absolute Gasteiger partial charge is 0.338 e. The summed E-state index contributed by atoms with van der Waals surface area (Å²) in [6.45, 7) is 1.47. The summed E-state index contributed by atoms with van der Waals surface area (Å²) in [5, 5.41) is 0. The molecule has 0 N–H and O–H groups in total. The minimum absolute atomic E-state index is 0.0456. The second-order valence-electron chi connectivity index (χ2n) is 5.76. The van der Waals surface area contributed by atoms with Crippen LogP contribution in [0.25, 0.3) is 0 Å². The molecule has 2 aromatic carbocycles. The van der Waals surface area contributed by atoms with Gasteiger partial charge in [-0.2, -0.15) is 0 Å². The van der Waals surface area contributed by atoms with Crippen molar-refractivity contribution in [2.24, 2.45) is 0 Å². The molecule has 0 radical (unpaired) electrons. The molecule has 2 rings (SSSR count). The lowest BCUT2D eigenvalue weighted by atomic mass is 10.1. The molecule has 1 atom stereocenters. The van der Waals surface area contributed by atoms with Crippen molar-refractivity contribution in [1.29, 1.82) is 0 Å². The molecule has 0 unspecified atom stereocenters. The van der Waals surface area contributed by atoms with Crippen LogP contribution in [0.15, 0.2) is 53.4 Å². The van der Waals surface area contributed by atoms with Crippen LogP contribution in [0.3, 0.4) is 0 Å². The highest BCUT2D eigenvalue weighted by Crippen LogP contribution is 2.17. The molecule has 0 aliphatic heterocycles. The van der Waals surface area contributed by atoms with Crippen molar-refractivity contribution < 1.29 is 32.3 Å². The van der Waals surface area contributed by atoms with Crippen LogP contribution in [-0.2, 0) is 19.6 Å². The van der Waals surface area contributed by atoms with E-state index in [2.05, 4.69) is 0 Å². The van der Waals surface area contributed by atoms with E-state index in [1.54, 1.807) is 24.3 Å². The van der Waals surface area contributed by atoms with Crippen LogP contribution in [0.2, 0.25) is 0 Å². The van der Waals surface area contributed by atoms with Crippen molar-refractivity contribution in [2.75, 3.05) is 21.3 Å². The number of rotatable bonds is 8. The van der Waals surface area contributed by atoms with Gasteiger partial charge in [0.2, 0.25) is 5.78 Å². The molecule has 0 bridgehead atoms. The fourth-order valence-electron chi connectivity index (χ4n) is 2.28. The lowest BCUT2D eigenvalue weighted by molar-refractivity contribution is -0.0258. The molecule has 0 fully saturated rings. The van der Waals surface area contributed by atoms with Crippen LogP contribution in [0.1, 0.15) is 27.6 Å². The summed E-state index contributed by atoms with van der Waals surface area (Å²) in [7, 11) is 0.184. The van der Waals surface area contributed by atoms with Gasteiger partial charge in [-0.15, -0.1) is 0 Å². The largest absolute Gasteiger partial charge is 0.497 e. The first-order chi connectivity index (χ1) is 13.2. The molecule has 0 aliphatic carbocycles. The molecular weight excluding hydrogens is 386 g/mol. The Bertz CT molecular complexity index is 937. The van der Waals surface area contributed by atoms with Crippen molar-refractivity contribution in [3.63, 3.8) is 0 Å². The third-order valence-electron chi connectivity index (χ3n) is 4.01. The normalized spacial score (nSPS) is 12.5. The van der Waals surface area contributed by atoms with Gasteiger partial charge in [-0.1, -0.05) is 4.47 Å². The Morgan fingerprint density at radius 3 is 1.96 bits per heavy atom. The number of Topliss-reactive ketones (excluding diaryl/α,β-unsaturated/α-hetero) is 1. The SMILES string of the molecule is COc1ccc(C(=O)[C@H](C)OC(=O)c2ccc(S(=O)(=O)N(C)OC)cc2)cc1. The number of nitrogens with zero attached hydrogens (tertiary/aromatic N) is 1. The summed E-state index contributed by atoms with van der Waals surface area (Å²) in [4.78, 5) is 29.3. The second-order valence-corrected chi connectivity index (χ2v) is 7.70. The predicted octanol–water partition coefficient (Wildman–Crippen LogP) is 2.31. The van der Waals surface area contributed by atoms with Crippen LogP contribution in [0.5, 0.6) is 5.75 Å². The van der Waals surface area contributed by atoms with E-state index < -0.39 is 22.1 Å². The minimum Gasteiger partial charge on any atom is -0.497 e. The molecule has 0 spiro atoms. The number of carbonyl (C=O) groups is 2. The third-order valence-corrected chi connectivity index (χ3v) is 5.70.